The molecule has 8 heteroatoms. The van der Waals surface area contributed by atoms with Gasteiger partial charge in [-0.15, -0.1) is 0 Å². The maximum absolute atomic E-state index is 12.1. The van der Waals surface area contributed by atoms with Gasteiger partial charge in [0.25, 0.3) is 0 Å². The van der Waals surface area contributed by atoms with Crippen LogP contribution in [0.4, 0.5) is 0 Å². The van der Waals surface area contributed by atoms with E-state index in [9.17, 15) is 30.3 Å². The third kappa shape index (κ3) is 2.65. The van der Waals surface area contributed by atoms with E-state index in [-0.39, 0.29) is 50.9 Å². The van der Waals surface area contributed by atoms with Gasteiger partial charge in [-0.3, -0.25) is 4.79 Å². The van der Waals surface area contributed by atoms with Gasteiger partial charge in [-0.2, -0.15) is 0 Å². The summed E-state index contributed by atoms with van der Waals surface area (Å²) in [6.07, 6.45) is 0. The summed E-state index contributed by atoms with van der Waals surface area (Å²) < 4.78 is 5.35. The zero-order valence-electron chi connectivity index (χ0n) is 11.4. The van der Waals surface area contributed by atoms with Crippen LogP contribution in [0.25, 0.3) is 22.3 Å². The second-order valence-electron chi connectivity index (χ2n) is 4.65. The van der Waals surface area contributed by atoms with Crippen LogP contribution in [0.5, 0.6) is 28.7 Å². The van der Waals surface area contributed by atoms with Crippen LogP contribution in [0.2, 0.25) is 0 Å². The Morgan fingerprint density at radius 2 is 1.52 bits per heavy atom. The number of hydrogen-bond acceptors (Lipinski definition) is 7. The number of phenolic OH excluding ortho intramolecular Hbond substituents is 4. The molecule has 3 aromatic rings. The Hall–Kier alpha value is -2.83. The molecule has 2 aromatic carbocycles. The van der Waals surface area contributed by atoms with Crippen molar-refractivity contribution in [2.24, 2.45) is 0 Å². The number of phenols is 4. The van der Waals surface area contributed by atoms with Gasteiger partial charge in [0.15, 0.2) is 17.3 Å². The Morgan fingerprint density at radius 3 is 2.17 bits per heavy atom. The molecule has 0 amide bonds. The summed E-state index contributed by atoms with van der Waals surface area (Å²) in [5.74, 6) is -2.71. The molecule has 0 unspecified atom stereocenters. The number of benzene rings is 2. The Kier molecular flexibility index (Phi) is 4.14. The summed E-state index contributed by atoms with van der Waals surface area (Å²) in [7, 11) is 0. The van der Waals surface area contributed by atoms with Crippen LogP contribution in [-0.2, 0) is 0 Å². The van der Waals surface area contributed by atoms with Gasteiger partial charge < -0.3 is 29.9 Å². The molecule has 0 aliphatic rings. The average molecular weight is 383 g/mol. The first-order chi connectivity index (χ1) is 10.4. The maximum atomic E-state index is 12.1. The predicted octanol–water partition coefficient (Wildman–Crippen LogP) is 1.07. The third-order valence-corrected chi connectivity index (χ3v) is 3.17. The molecule has 0 fully saturated rings. The van der Waals surface area contributed by atoms with Crippen molar-refractivity contribution >= 4 is 28.0 Å². The number of hydrogen-bond donors (Lipinski definition) is 5. The van der Waals surface area contributed by atoms with E-state index in [2.05, 4.69) is 0 Å². The van der Waals surface area contributed by atoms with E-state index in [1.807, 2.05) is 0 Å². The van der Waals surface area contributed by atoms with Gasteiger partial charge in [0.05, 0.1) is 0 Å². The minimum atomic E-state index is -0.888. The van der Waals surface area contributed by atoms with E-state index >= 15 is 0 Å². The van der Waals surface area contributed by atoms with Gasteiger partial charge >= 0.3 is 17.1 Å². The molecule has 3 rings (SSSR count). The molecule has 0 saturated carbocycles. The molecule has 0 saturated heterocycles. The first kappa shape index (κ1) is 16.5. The third-order valence-electron chi connectivity index (χ3n) is 3.17. The fourth-order valence-corrected chi connectivity index (χ4v) is 2.14. The molecule has 120 valence electrons. The first-order valence-corrected chi connectivity index (χ1v) is 6.12. The quantitative estimate of drug-likeness (QED) is 0.314. The summed E-state index contributed by atoms with van der Waals surface area (Å²) in [6, 6.07) is 5.64. The Bertz CT molecular complexity index is 962. The van der Waals surface area contributed by atoms with Crippen molar-refractivity contribution in [1.82, 2.24) is 0 Å². The van der Waals surface area contributed by atoms with Crippen molar-refractivity contribution in [3.63, 3.8) is 0 Å². The zero-order chi connectivity index (χ0) is 16.0. The zero-order valence-corrected chi connectivity index (χ0v) is 13.5. The minimum absolute atomic E-state index is 0. The van der Waals surface area contributed by atoms with E-state index in [0.717, 1.165) is 24.3 Å². The number of aromatic hydroxyl groups is 5. The van der Waals surface area contributed by atoms with Crippen molar-refractivity contribution < 1.29 is 29.9 Å². The number of rotatable bonds is 1. The van der Waals surface area contributed by atoms with E-state index < -0.39 is 22.7 Å². The van der Waals surface area contributed by atoms with Gasteiger partial charge in [-0.1, -0.05) is 0 Å². The Balaban J connectivity index is 0.00000192. The van der Waals surface area contributed by atoms with Gasteiger partial charge in [-0.25, -0.2) is 0 Å². The fraction of sp³-hybridized carbons (Fsp3) is 0. The van der Waals surface area contributed by atoms with Crippen molar-refractivity contribution in [3.8, 4) is 40.1 Å². The van der Waals surface area contributed by atoms with Gasteiger partial charge in [0.1, 0.15) is 22.5 Å². The standard InChI is InChI=1S/C15H10O7.H2Se/c16-7-4-10(19)12-11(5-7)22-15(14(21)13(12)20)6-1-2-8(17)9(18)3-6;/h1-5,16-19,21H;1H2. The second-order valence-corrected chi connectivity index (χ2v) is 4.65. The first-order valence-electron chi connectivity index (χ1n) is 6.12. The summed E-state index contributed by atoms with van der Waals surface area (Å²) in [5, 5.41) is 47.6. The average Bonchev–Trinajstić information content (AvgIpc) is 2.45. The van der Waals surface area contributed by atoms with Gasteiger partial charge in [-0.05, 0) is 18.2 Å². The molecule has 0 aliphatic heterocycles. The summed E-state index contributed by atoms with van der Waals surface area (Å²) in [4.78, 5) is 12.1. The SMILES string of the molecule is O=c1c(O)c(-c2ccc(O)c(O)c2)oc2cc(O)cc(O)c12.[SeH2]. The molecule has 0 atom stereocenters. The fourth-order valence-electron chi connectivity index (χ4n) is 2.14. The van der Waals surface area contributed by atoms with Crippen LogP contribution in [0.15, 0.2) is 39.5 Å². The normalized spacial score (nSPS) is 10.4. The molecular weight excluding hydrogens is 371 g/mol. The second kappa shape index (κ2) is 5.75. The van der Waals surface area contributed by atoms with E-state index in [1.165, 1.54) is 6.07 Å². The molecule has 7 nitrogen and oxygen atoms in total. The molecule has 5 N–H and O–H groups in total. The number of fused-ring (bicyclic) bond motifs is 1. The monoisotopic (exact) mass is 384 g/mol. The summed E-state index contributed by atoms with van der Waals surface area (Å²) >= 11 is 0. The predicted molar refractivity (Wildman–Crippen MR) is 84.8 cm³/mol. The van der Waals surface area contributed by atoms with Crippen LogP contribution in [0, 0.1) is 0 Å². The molecule has 1 aromatic heterocycles. The van der Waals surface area contributed by atoms with Crippen molar-refractivity contribution in [3.05, 3.63) is 40.6 Å². The van der Waals surface area contributed by atoms with Gasteiger partial charge in [0.2, 0.25) is 11.2 Å². The molecular formula is C15H12O7Se. The van der Waals surface area contributed by atoms with Crippen molar-refractivity contribution in [1.29, 1.82) is 0 Å². The molecule has 23 heavy (non-hydrogen) atoms. The Morgan fingerprint density at radius 1 is 0.826 bits per heavy atom. The summed E-state index contributed by atoms with van der Waals surface area (Å²) in [6.45, 7) is 0. The van der Waals surface area contributed by atoms with Crippen molar-refractivity contribution in [2.75, 3.05) is 0 Å². The Labute approximate surface area is 139 Å². The van der Waals surface area contributed by atoms with Crippen LogP contribution >= 0.6 is 0 Å². The van der Waals surface area contributed by atoms with E-state index in [0.29, 0.717) is 0 Å². The molecule has 0 spiro atoms. The molecule has 0 bridgehead atoms. The van der Waals surface area contributed by atoms with E-state index in [4.69, 9.17) is 4.42 Å². The molecule has 0 aliphatic carbocycles. The van der Waals surface area contributed by atoms with Crippen LogP contribution in [-0.4, -0.2) is 42.6 Å². The molecule has 0 radical (unpaired) electrons. The van der Waals surface area contributed by atoms with E-state index in [1.54, 1.807) is 0 Å². The van der Waals surface area contributed by atoms with Crippen molar-refractivity contribution in [2.45, 2.75) is 0 Å². The topological polar surface area (TPSA) is 131 Å². The van der Waals surface area contributed by atoms with Gasteiger partial charge in [0, 0.05) is 17.7 Å². The molecule has 1 heterocycles. The van der Waals surface area contributed by atoms with Crippen LogP contribution in [0.3, 0.4) is 0 Å². The summed E-state index contributed by atoms with van der Waals surface area (Å²) in [5.41, 5.74) is -0.890. The van der Waals surface area contributed by atoms with Crippen LogP contribution < -0.4 is 5.43 Å². The van der Waals surface area contributed by atoms with Crippen LogP contribution in [0.1, 0.15) is 0 Å².